The maximum Gasteiger partial charge on any atom is 0.0610 e. The quantitative estimate of drug-likeness (QED) is 0.427. The Hall–Kier alpha value is 0.884. The van der Waals surface area contributed by atoms with Crippen molar-refractivity contribution in [2.24, 2.45) is 0 Å². The SMILES string of the molecule is CCN(CC)C1=C(C)P(Br)C1([Si](C)(C)C)[Si](C)(C)C. The Morgan fingerprint density at radius 3 is 1.63 bits per heavy atom. The van der Waals surface area contributed by atoms with E-state index in [1.54, 1.807) is 11.0 Å². The van der Waals surface area contributed by atoms with Gasteiger partial charge in [0.1, 0.15) is 0 Å². The van der Waals surface area contributed by atoms with E-state index in [-0.39, 0.29) is 6.62 Å². The molecule has 1 unspecified atom stereocenters. The highest BCUT2D eigenvalue weighted by Gasteiger charge is 2.66. The maximum atomic E-state index is 4.14. The van der Waals surface area contributed by atoms with Crippen LogP contribution in [-0.4, -0.2) is 38.5 Å². The van der Waals surface area contributed by atoms with Crippen molar-refractivity contribution in [3.63, 3.8) is 0 Å². The van der Waals surface area contributed by atoms with Gasteiger partial charge in [-0.15, -0.1) is 0 Å². The number of nitrogens with zero attached hydrogens (tertiary/aromatic N) is 1. The van der Waals surface area contributed by atoms with E-state index >= 15 is 0 Å². The first-order chi connectivity index (χ1) is 8.46. The average molecular weight is 380 g/mol. The highest BCUT2D eigenvalue weighted by atomic mass is 79.9. The topological polar surface area (TPSA) is 3.24 Å². The third-order valence-corrected chi connectivity index (χ3v) is 26.0. The molecule has 1 aliphatic heterocycles. The first-order valence-corrected chi connectivity index (χ1v) is 17.7. The van der Waals surface area contributed by atoms with E-state index < -0.39 is 16.1 Å². The number of rotatable bonds is 5. The fourth-order valence-electron chi connectivity index (χ4n) is 4.07. The summed E-state index contributed by atoms with van der Waals surface area (Å²) < 4.78 is 0.533. The summed E-state index contributed by atoms with van der Waals surface area (Å²) in [7, 11) is -2.56. The molecule has 112 valence electrons. The number of hydrogen-bond acceptors (Lipinski definition) is 1. The smallest absolute Gasteiger partial charge is 0.0610 e. The van der Waals surface area contributed by atoms with Crippen molar-refractivity contribution in [1.82, 2.24) is 4.90 Å². The maximum absolute atomic E-state index is 4.14. The largest absolute Gasteiger partial charge is 0.375 e. The lowest BCUT2D eigenvalue weighted by Gasteiger charge is -2.64. The molecule has 1 rings (SSSR count). The Morgan fingerprint density at radius 2 is 1.37 bits per heavy atom. The summed E-state index contributed by atoms with van der Waals surface area (Å²) in [6, 6.07) is 0. The molecule has 0 fully saturated rings. The van der Waals surface area contributed by atoms with Gasteiger partial charge in [0.15, 0.2) is 0 Å². The van der Waals surface area contributed by atoms with Crippen LogP contribution in [0.4, 0.5) is 0 Å². The fraction of sp³-hybridized carbons (Fsp3) is 0.857. The Bertz CT molecular complexity index is 364. The number of hydrogen-bond donors (Lipinski definition) is 0. The molecule has 1 atom stereocenters. The summed E-state index contributed by atoms with van der Waals surface area (Å²) in [5.74, 6) is 0. The van der Waals surface area contributed by atoms with Crippen molar-refractivity contribution in [3.05, 3.63) is 11.0 Å². The normalized spacial score (nSPS) is 23.4. The molecule has 0 radical (unpaired) electrons. The molecule has 1 aliphatic rings. The molecule has 0 saturated heterocycles. The molecule has 0 bridgehead atoms. The molecule has 19 heavy (non-hydrogen) atoms. The van der Waals surface area contributed by atoms with Crippen LogP contribution in [0.3, 0.4) is 0 Å². The van der Waals surface area contributed by atoms with Crippen molar-refractivity contribution < 1.29 is 0 Å². The number of allylic oxidation sites excluding steroid dienone is 2. The van der Waals surface area contributed by atoms with E-state index in [9.17, 15) is 0 Å². The predicted octanol–water partition coefficient (Wildman–Crippen LogP) is 5.86. The van der Waals surface area contributed by atoms with Crippen LogP contribution in [0.2, 0.25) is 39.3 Å². The molecule has 0 amide bonds. The minimum atomic E-state index is -1.28. The van der Waals surface area contributed by atoms with Crippen molar-refractivity contribution in [2.75, 3.05) is 13.1 Å². The molecule has 0 N–H and O–H groups in total. The predicted molar refractivity (Wildman–Crippen MR) is 101 cm³/mol. The zero-order chi connectivity index (χ0) is 15.2. The molecular formula is C14H31BrNPSi2. The van der Waals surface area contributed by atoms with Gasteiger partial charge in [-0.05, 0) is 32.7 Å². The second-order valence-electron chi connectivity index (χ2n) is 7.60. The second-order valence-corrected chi connectivity index (χ2v) is 23.5. The first kappa shape index (κ1) is 17.9. The van der Waals surface area contributed by atoms with Gasteiger partial charge in [0.25, 0.3) is 0 Å². The van der Waals surface area contributed by atoms with Crippen molar-refractivity contribution in [1.29, 1.82) is 0 Å². The lowest BCUT2D eigenvalue weighted by Crippen LogP contribution is -2.71. The fourth-order valence-corrected chi connectivity index (χ4v) is 33.0. The van der Waals surface area contributed by atoms with E-state index in [0.29, 0.717) is 4.40 Å². The molecule has 5 heteroatoms. The van der Waals surface area contributed by atoms with Gasteiger partial charge in [-0.2, -0.15) is 0 Å². The van der Waals surface area contributed by atoms with Crippen LogP contribution >= 0.6 is 22.1 Å². The Kier molecular flexibility index (Phi) is 5.27. The van der Waals surface area contributed by atoms with Crippen LogP contribution in [0, 0.1) is 0 Å². The molecular weight excluding hydrogens is 349 g/mol. The lowest BCUT2D eigenvalue weighted by molar-refractivity contribution is 0.366. The minimum absolute atomic E-state index is 0.112. The molecule has 0 aromatic heterocycles. The summed E-state index contributed by atoms with van der Waals surface area (Å²) in [6.07, 6.45) is 0. The van der Waals surface area contributed by atoms with E-state index in [2.05, 4.69) is 80.4 Å². The average Bonchev–Trinajstić information content (AvgIpc) is 2.24. The van der Waals surface area contributed by atoms with E-state index in [4.69, 9.17) is 0 Å². The van der Waals surface area contributed by atoms with Gasteiger partial charge in [-0.1, -0.05) is 54.8 Å². The van der Waals surface area contributed by atoms with Gasteiger partial charge in [-0.25, -0.2) is 0 Å². The van der Waals surface area contributed by atoms with Crippen LogP contribution in [0.5, 0.6) is 0 Å². The Balaban J connectivity index is 3.51. The van der Waals surface area contributed by atoms with Gasteiger partial charge >= 0.3 is 0 Å². The van der Waals surface area contributed by atoms with Crippen LogP contribution in [0.25, 0.3) is 0 Å². The Morgan fingerprint density at radius 1 is 1.00 bits per heavy atom. The highest BCUT2D eigenvalue weighted by molar-refractivity contribution is 9.40. The van der Waals surface area contributed by atoms with E-state index in [0.717, 1.165) is 13.1 Å². The van der Waals surface area contributed by atoms with Crippen molar-refractivity contribution in [3.8, 4) is 0 Å². The zero-order valence-corrected chi connectivity index (χ0v) is 18.7. The molecule has 1 heterocycles. The highest BCUT2D eigenvalue weighted by Crippen LogP contribution is 2.79. The van der Waals surface area contributed by atoms with Gasteiger partial charge < -0.3 is 4.90 Å². The summed E-state index contributed by atoms with van der Waals surface area (Å²) in [5, 5.41) is 1.66. The summed E-state index contributed by atoms with van der Waals surface area (Å²) in [4.78, 5) is 2.64. The van der Waals surface area contributed by atoms with Gasteiger partial charge in [0, 0.05) is 23.2 Å². The monoisotopic (exact) mass is 379 g/mol. The van der Waals surface area contributed by atoms with E-state index in [1.807, 2.05) is 0 Å². The number of halogens is 1. The molecule has 0 spiro atoms. The van der Waals surface area contributed by atoms with Gasteiger partial charge in [-0.3, -0.25) is 0 Å². The summed E-state index contributed by atoms with van der Waals surface area (Å²) in [6.45, 7) is 24.6. The summed E-state index contributed by atoms with van der Waals surface area (Å²) >= 11 is 4.14. The molecule has 0 aromatic carbocycles. The van der Waals surface area contributed by atoms with Crippen LogP contribution in [0.15, 0.2) is 11.0 Å². The minimum Gasteiger partial charge on any atom is -0.375 e. The second kappa shape index (κ2) is 5.59. The van der Waals surface area contributed by atoms with Crippen molar-refractivity contribution in [2.45, 2.75) is 64.5 Å². The Labute approximate surface area is 131 Å². The first-order valence-electron chi connectivity index (χ1n) is 7.39. The molecule has 0 aliphatic carbocycles. The van der Waals surface area contributed by atoms with Crippen LogP contribution < -0.4 is 0 Å². The standard InChI is InChI=1S/C14H31BrNPSi2/c1-10-16(11-2)13-12(3)17(15)14(13,18(4,5)6)19(7,8)9/h10-11H2,1-9H3. The third kappa shape index (κ3) is 2.45. The van der Waals surface area contributed by atoms with Gasteiger partial charge in [0.2, 0.25) is 0 Å². The van der Waals surface area contributed by atoms with E-state index in [1.165, 1.54) is 0 Å². The molecule has 0 aromatic rings. The zero-order valence-electron chi connectivity index (χ0n) is 14.2. The van der Waals surface area contributed by atoms with Gasteiger partial charge in [0.05, 0.1) is 16.1 Å². The summed E-state index contributed by atoms with van der Waals surface area (Å²) in [5.41, 5.74) is 1.74. The lowest BCUT2D eigenvalue weighted by atomic mass is 10.3. The van der Waals surface area contributed by atoms with Crippen molar-refractivity contribution >= 4 is 38.3 Å². The third-order valence-electron chi connectivity index (χ3n) is 4.52. The van der Waals surface area contributed by atoms with Crippen LogP contribution in [0.1, 0.15) is 20.8 Å². The molecule has 1 nitrogen and oxygen atoms in total. The van der Waals surface area contributed by atoms with Crippen LogP contribution in [-0.2, 0) is 0 Å². The molecule has 0 saturated carbocycles.